The number of furan rings is 1. The Kier molecular flexibility index (Phi) is 4.64. The highest BCUT2D eigenvalue weighted by atomic mass is 35.5. The SMILES string of the molecule is O=C(Nc1ccc(Oc2ccccc2)cc1)c1ccc(CCl)o1. The molecule has 116 valence electrons. The third-order valence-electron chi connectivity index (χ3n) is 3.11. The number of benzene rings is 2. The van der Waals surface area contributed by atoms with E-state index in [4.69, 9.17) is 20.8 Å². The number of amides is 1. The number of nitrogens with one attached hydrogen (secondary N) is 1. The Morgan fingerprint density at radius 1 is 0.957 bits per heavy atom. The minimum atomic E-state index is -0.321. The second-order valence-corrected chi connectivity index (χ2v) is 5.06. The Morgan fingerprint density at radius 2 is 1.65 bits per heavy atom. The van der Waals surface area contributed by atoms with Gasteiger partial charge in [0.25, 0.3) is 5.91 Å². The molecule has 0 spiro atoms. The maximum absolute atomic E-state index is 12.0. The molecule has 0 aliphatic rings. The molecule has 1 aromatic heterocycles. The van der Waals surface area contributed by atoms with E-state index in [1.54, 1.807) is 36.4 Å². The molecule has 0 saturated heterocycles. The van der Waals surface area contributed by atoms with Crippen LogP contribution < -0.4 is 10.1 Å². The van der Waals surface area contributed by atoms with Crippen LogP contribution in [0.4, 0.5) is 5.69 Å². The minimum Gasteiger partial charge on any atom is -0.457 e. The fourth-order valence-electron chi connectivity index (χ4n) is 2.00. The zero-order valence-corrected chi connectivity index (χ0v) is 12.9. The molecule has 0 aliphatic carbocycles. The molecule has 0 atom stereocenters. The first-order chi connectivity index (χ1) is 11.2. The van der Waals surface area contributed by atoms with Crippen LogP contribution in [-0.4, -0.2) is 5.91 Å². The third kappa shape index (κ3) is 3.93. The van der Waals surface area contributed by atoms with E-state index in [1.807, 2.05) is 30.3 Å². The highest BCUT2D eigenvalue weighted by Gasteiger charge is 2.11. The van der Waals surface area contributed by atoms with Crippen LogP contribution in [0.25, 0.3) is 0 Å². The van der Waals surface area contributed by atoms with Crippen molar-refractivity contribution in [3.8, 4) is 11.5 Å². The molecule has 3 aromatic rings. The van der Waals surface area contributed by atoms with Crippen LogP contribution in [0.2, 0.25) is 0 Å². The van der Waals surface area contributed by atoms with Crippen LogP contribution in [0.3, 0.4) is 0 Å². The summed E-state index contributed by atoms with van der Waals surface area (Å²) in [5, 5.41) is 2.76. The lowest BCUT2D eigenvalue weighted by Crippen LogP contribution is -2.10. The van der Waals surface area contributed by atoms with E-state index in [9.17, 15) is 4.79 Å². The van der Waals surface area contributed by atoms with Crippen LogP contribution >= 0.6 is 11.6 Å². The monoisotopic (exact) mass is 327 g/mol. The standard InChI is InChI=1S/C18H14ClNO3/c19-12-16-10-11-17(23-16)18(21)20-13-6-8-15(9-7-13)22-14-4-2-1-3-5-14/h1-11H,12H2,(H,20,21). The van der Waals surface area contributed by atoms with Crippen molar-refractivity contribution in [2.45, 2.75) is 5.88 Å². The first-order valence-electron chi connectivity index (χ1n) is 7.03. The van der Waals surface area contributed by atoms with Gasteiger partial charge in [0.2, 0.25) is 0 Å². The van der Waals surface area contributed by atoms with E-state index in [-0.39, 0.29) is 17.5 Å². The lowest BCUT2D eigenvalue weighted by Gasteiger charge is -2.07. The van der Waals surface area contributed by atoms with Gasteiger partial charge in [0.1, 0.15) is 17.3 Å². The van der Waals surface area contributed by atoms with Gasteiger partial charge in [-0.15, -0.1) is 11.6 Å². The predicted molar refractivity (Wildman–Crippen MR) is 89.2 cm³/mol. The van der Waals surface area contributed by atoms with Gasteiger partial charge in [0, 0.05) is 5.69 Å². The van der Waals surface area contributed by atoms with Gasteiger partial charge >= 0.3 is 0 Å². The predicted octanol–water partition coefficient (Wildman–Crippen LogP) is 5.06. The maximum atomic E-state index is 12.0. The molecule has 4 nitrogen and oxygen atoms in total. The third-order valence-corrected chi connectivity index (χ3v) is 3.37. The molecule has 23 heavy (non-hydrogen) atoms. The van der Waals surface area contributed by atoms with Gasteiger partial charge in [-0.1, -0.05) is 18.2 Å². The lowest BCUT2D eigenvalue weighted by molar-refractivity contribution is 0.0995. The lowest BCUT2D eigenvalue weighted by atomic mass is 10.3. The summed E-state index contributed by atoms with van der Waals surface area (Å²) in [4.78, 5) is 12.0. The summed E-state index contributed by atoms with van der Waals surface area (Å²) in [5.74, 6) is 2.15. The summed E-state index contributed by atoms with van der Waals surface area (Å²) in [6.45, 7) is 0. The van der Waals surface area contributed by atoms with E-state index in [0.29, 0.717) is 17.2 Å². The van der Waals surface area contributed by atoms with Crippen LogP contribution in [0.1, 0.15) is 16.3 Å². The number of rotatable bonds is 5. The summed E-state index contributed by atoms with van der Waals surface area (Å²) in [7, 11) is 0. The molecule has 1 N–H and O–H groups in total. The fourth-order valence-corrected chi connectivity index (χ4v) is 2.14. The summed E-state index contributed by atoms with van der Waals surface area (Å²) >= 11 is 5.65. The van der Waals surface area contributed by atoms with Gasteiger partial charge in [-0.3, -0.25) is 4.79 Å². The Labute approximate surface area is 138 Å². The molecule has 0 radical (unpaired) electrons. The first kappa shape index (κ1) is 15.2. The Balaban J connectivity index is 1.64. The smallest absolute Gasteiger partial charge is 0.291 e. The molecule has 0 bridgehead atoms. The number of carbonyl (C=O) groups excluding carboxylic acids is 1. The van der Waals surface area contributed by atoms with Crippen LogP contribution in [-0.2, 0) is 5.88 Å². The average molecular weight is 328 g/mol. The fraction of sp³-hybridized carbons (Fsp3) is 0.0556. The first-order valence-corrected chi connectivity index (χ1v) is 7.57. The van der Waals surface area contributed by atoms with Crippen molar-refractivity contribution < 1.29 is 13.9 Å². The van der Waals surface area contributed by atoms with Crippen molar-refractivity contribution in [1.29, 1.82) is 0 Å². The van der Waals surface area contributed by atoms with Gasteiger partial charge in [0.15, 0.2) is 5.76 Å². The summed E-state index contributed by atoms with van der Waals surface area (Å²) < 4.78 is 11.0. The largest absolute Gasteiger partial charge is 0.457 e. The quantitative estimate of drug-likeness (QED) is 0.666. The van der Waals surface area contributed by atoms with Gasteiger partial charge in [-0.05, 0) is 48.5 Å². The van der Waals surface area contributed by atoms with E-state index >= 15 is 0 Å². The Bertz CT molecular complexity index is 782. The number of halogens is 1. The van der Waals surface area contributed by atoms with E-state index < -0.39 is 0 Å². The van der Waals surface area contributed by atoms with Crippen molar-refractivity contribution in [2.75, 3.05) is 5.32 Å². The van der Waals surface area contributed by atoms with Crippen molar-refractivity contribution in [3.05, 3.63) is 78.3 Å². The minimum absolute atomic E-state index is 0.227. The number of hydrogen-bond donors (Lipinski definition) is 1. The normalized spacial score (nSPS) is 10.3. The molecule has 1 amide bonds. The number of para-hydroxylation sites is 1. The van der Waals surface area contributed by atoms with Crippen molar-refractivity contribution >= 4 is 23.2 Å². The summed E-state index contributed by atoms with van der Waals surface area (Å²) in [6, 6.07) is 19.9. The van der Waals surface area contributed by atoms with E-state index in [1.165, 1.54) is 0 Å². The van der Waals surface area contributed by atoms with Gasteiger partial charge in [0.05, 0.1) is 5.88 Å². The molecule has 0 fully saturated rings. The molecule has 5 heteroatoms. The maximum Gasteiger partial charge on any atom is 0.291 e. The Morgan fingerprint density at radius 3 is 2.30 bits per heavy atom. The molecule has 0 aliphatic heterocycles. The van der Waals surface area contributed by atoms with Crippen LogP contribution in [0.15, 0.2) is 71.1 Å². The molecule has 1 heterocycles. The summed E-state index contributed by atoms with van der Waals surface area (Å²) in [6.07, 6.45) is 0. The van der Waals surface area contributed by atoms with E-state index in [2.05, 4.69) is 5.32 Å². The van der Waals surface area contributed by atoms with Gasteiger partial charge in [-0.25, -0.2) is 0 Å². The van der Waals surface area contributed by atoms with Crippen molar-refractivity contribution in [1.82, 2.24) is 0 Å². The number of hydrogen-bond acceptors (Lipinski definition) is 3. The molecule has 3 rings (SSSR count). The zero-order chi connectivity index (χ0) is 16.1. The van der Waals surface area contributed by atoms with Gasteiger partial charge < -0.3 is 14.5 Å². The van der Waals surface area contributed by atoms with E-state index in [0.717, 1.165) is 5.75 Å². The topological polar surface area (TPSA) is 51.5 Å². The van der Waals surface area contributed by atoms with Crippen LogP contribution in [0, 0.1) is 0 Å². The number of alkyl halides is 1. The molecule has 0 saturated carbocycles. The average Bonchev–Trinajstić information content (AvgIpc) is 3.07. The Hall–Kier alpha value is -2.72. The van der Waals surface area contributed by atoms with Crippen molar-refractivity contribution in [3.63, 3.8) is 0 Å². The molecule has 0 unspecified atom stereocenters. The number of anilines is 1. The number of carbonyl (C=O) groups is 1. The van der Waals surface area contributed by atoms with Crippen molar-refractivity contribution in [2.24, 2.45) is 0 Å². The van der Waals surface area contributed by atoms with Crippen LogP contribution in [0.5, 0.6) is 11.5 Å². The number of ether oxygens (including phenoxy) is 1. The summed E-state index contributed by atoms with van der Waals surface area (Å²) in [5.41, 5.74) is 0.652. The van der Waals surface area contributed by atoms with Gasteiger partial charge in [-0.2, -0.15) is 0 Å². The second-order valence-electron chi connectivity index (χ2n) is 4.79. The highest BCUT2D eigenvalue weighted by molar-refractivity contribution is 6.16. The molecule has 2 aromatic carbocycles. The second kappa shape index (κ2) is 7.03. The zero-order valence-electron chi connectivity index (χ0n) is 12.2. The molecular formula is C18H14ClNO3. The molecular weight excluding hydrogens is 314 g/mol. The highest BCUT2D eigenvalue weighted by Crippen LogP contribution is 2.23.